The number of nitrogens with one attached hydrogen (secondary N) is 2. The van der Waals surface area contributed by atoms with E-state index in [-0.39, 0.29) is 55.9 Å². The minimum atomic E-state index is -0.772. The number of hydrogen-bond donors (Lipinski definition) is 3. The number of carbonyl (C=O) groups is 4. The molecule has 0 aliphatic carbocycles. The maximum Gasteiger partial charge on any atom is 0.328 e. The average molecular weight is 515 g/mol. The third-order valence-corrected chi connectivity index (χ3v) is 6.55. The molecule has 1 aliphatic rings. The molecular formula is C29H30N4O5. The number of aryl methyl sites for hydroxylation is 1. The van der Waals surface area contributed by atoms with Crippen molar-refractivity contribution in [3.8, 4) is 0 Å². The Morgan fingerprint density at radius 3 is 2.24 bits per heavy atom. The molecule has 9 nitrogen and oxygen atoms in total. The smallest absolute Gasteiger partial charge is 0.328 e. The van der Waals surface area contributed by atoms with E-state index in [0.717, 1.165) is 16.7 Å². The predicted molar refractivity (Wildman–Crippen MR) is 140 cm³/mol. The Labute approximate surface area is 221 Å². The number of urea groups is 1. The van der Waals surface area contributed by atoms with Gasteiger partial charge in [-0.25, -0.2) is 10.3 Å². The van der Waals surface area contributed by atoms with E-state index in [2.05, 4.69) is 5.32 Å². The van der Waals surface area contributed by atoms with Crippen LogP contribution in [0.3, 0.4) is 0 Å². The molecule has 1 unspecified atom stereocenters. The summed E-state index contributed by atoms with van der Waals surface area (Å²) in [5.41, 5.74) is 5.21. The number of amides is 5. The zero-order valence-electron chi connectivity index (χ0n) is 21.1. The van der Waals surface area contributed by atoms with Crippen molar-refractivity contribution in [2.45, 2.75) is 45.4 Å². The van der Waals surface area contributed by atoms with E-state index in [1.807, 2.05) is 61.5 Å². The van der Waals surface area contributed by atoms with Crippen LogP contribution in [0.25, 0.3) is 0 Å². The first kappa shape index (κ1) is 26.6. The fourth-order valence-electron chi connectivity index (χ4n) is 4.46. The number of benzene rings is 3. The summed E-state index contributed by atoms with van der Waals surface area (Å²) in [6.45, 7) is 2.47. The standard InChI is InChI=1S/C29H30N4O5/c1-20-11-13-22(14-12-20)18-32-25(28(36)33(29(32)37)19-21-7-3-2-4-8-21)15-16-26(34)30-17-23-9-5-6-10-24(23)27(35)31-38/h2-14,25,38H,15-19H2,1H3,(H,30,34)(H,31,35). The molecule has 1 atom stereocenters. The van der Waals surface area contributed by atoms with Crippen molar-refractivity contribution in [1.82, 2.24) is 20.6 Å². The van der Waals surface area contributed by atoms with Crippen LogP contribution in [0.5, 0.6) is 0 Å². The normalized spacial score (nSPS) is 15.1. The number of rotatable bonds is 10. The summed E-state index contributed by atoms with van der Waals surface area (Å²) in [5.74, 6) is -1.32. The fraction of sp³-hybridized carbons (Fsp3) is 0.241. The SMILES string of the molecule is Cc1ccc(CN2C(=O)N(Cc3ccccc3)C(=O)C2CCC(=O)NCc2ccccc2C(=O)NO)cc1. The highest BCUT2D eigenvalue weighted by Crippen LogP contribution is 2.26. The molecule has 1 saturated heterocycles. The first-order valence-electron chi connectivity index (χ1n) is 12.4. The lowest BCUT2D eigenvalue weighted by Gasteiger charge is -2.22. The molecule has 1 aliphatic heterocycles. The van der Waals surface area contributed by atoms with Crippen molar-refractivity contribution in [3.63, 3.8) is 0 Å². The molecular weight excluding hydrogens is 484 g/mol. The van der Waals surface area contributed by atoms with Crippen LogP contribution in [0, 0.1) is 6.92 Å². The molecule has 3 aromatic rings. The number of carbonyl (C=O) groups excluding carboxylic acids is 4. The summed E-state index contributed by atoms with van der Waals surface area (Å²) < 4.78 is 0. The van der Waals surface area contributed by atoms with Crippen LogP contribution in [0.15, 0.2) is 78.9 Å². The summed E-state index contributed by atoms with van der Waals surface area (Å²) in [6.07, 6.45) is 0.175. The summed E-state index contributed by atoms with van der Waals surface area (Å²) >= 11 is 0. The second-order valence-corrected chi connectivity index (χ2v) is 9.24. The molecule has 1 heterocycles. The average Bonchev–Trinajstić information content (AvgIpc) is 3.15. The summed E-state index contributed by atoms with van der Waals surface area (Å²) in [6, 6.07) is 22.5. The predicted octanol–water partition coefficient (Wildman–Crippen LogP) is 3.54. The Hall–Kier alpha value is -4.50. The molecule has 196 valence electrons. The molecule has 3 N–H and O–H groups in total. The zero-order valence-corrected chi connectivity index (χ0v) is 21.1. The van der Waals surface area contributed by atoms with Gasteiger partial charge in [-0.05, 0) is 36.1 Å². The Balaban J connectivity index is 1.45. The molecule has 0 radical (unpaired) electrons. The fourth-order valence-corrected chi connectivity index (χ4v) is 4.46. The van der Waals surface area contributed by atoms with Crippen LogP contribution in [-0.2, 0) is 29.2 Å². The Bertz CT molecular complexity index is 1310. The van der Waals surface area contributed by atoms with Gasteiger partial charge in [-0.2, -0.15) is 0 Å². The maximum absolute atomic E-state index is 13.4. The van der Waals surface area contributed by atoms with Crippen molar-refractivity contribution in [2.24, 2.45) is 0 Å². The molecule has 0 bridgehead atoms. The van der Waals surface area contributed by atoms with Gasteiger partial charge in [0.2, 0.25) is 5.91 Å². The quantitative estimate of drug-likeness (QED) is 0.217. The number of imide groups is 1. The largest absolute Gasteiger partial charge is 0.352 e. The number of hydrogen-bond acceptors (Lipinski definition) is 5. The first-order valence-corrected chi connectivity index (χ1v) is 12.4. The van der Waals surface area contributed by atoms with E-state index in [0.29, 0.717) is 5.56 Å². The molecule has 0 aromatic heterocycles. The molecule has 0 spiro atoms. The molecule has 0 saturated carbocycles. The number of hydroxylamine groups is 1. The van der Waals surface area contributed by atoms with Crippen molar-refractivity contribution >= 4 is 23.8 Å². The van der Waals surface area contributed by atoms with Gasteiger partial charge in [-0.1, -0.05) is 78.4 Å². The topological polar surface area (TPSA) is 119 Å². The molecule has 5 amide bonds. The van der Waals surface area contributed by atoms with E-state index >= 15 is 0 Å². The Morgan fingerprint density at radius 2 is 1.53 bits per heavy atom. The molecule has 3 aromatic carbocycles. The molecule has 9 heteroatoms. The highest BCUT2D eigenvalue weighted by atomic mass is 16.5. The third kappa shape index (κ3) is 6.24. The van der Waals surface area contributed by atoms with E-state index in [1.54, 1.807) is 29.7 Å². The van der Waals surface area contributed by atoms with Crippen LogP contribution < -0.4 is 10.8 Å². The monoisotopic (exact) mass is 514 g/mol. The number of nitrogens with zero attached hydrogens (tertiary/aromatic N) is 2. The van der Waals surface area contributed by atoms with Gasteiger partial charge in [0.15, 0.2) is 0 Å². The van der Waals surface area contributed by atoms with Crippen molar-refractivity contribution in [3.05, 3.63) is 107 Å². The minimum absolute atomic E-state index is 0.0155. The van der Waals surface area contributed by atoms with E-state index in [9.17, 15) is 19.2 Å². The van der Waals surface area contributed by atoms with Crippen molar-refractivity contribution in [2.75, 3.05) is 0 Å². The lowest BCUT2D eigenvalue weighted by Crippen LogP contribution is -2.36. The van der Waals surface area contributed by atoms with Gasteiger partial charge in [0.1, 0.15) is 6.04 Å². The van der Waals surface area contributed by atoms with Crippen LogP contribution in [-0.4, -0.2) is 44.8 Å². The highest BCUT2D eigenvalue weighted by molar-refractivity contribution is 6.04. The Kier molecular flexibility index (Phi) is 8.50. The van der Waals surface area contributed by atoms with Gasteiger partial charge in [-0.3, -0.25) is 24.5 Å². The van der Waals surface area contributed by atoms with Crippen LogP contribution in [0.1, 0.15) is 45.5 Å². The van der Waals surface area contributed by atoms with Gasteiger partial charge in [0.25, 0.3) is 11.8 Å². The summed E-state index contributed by atoms with van der Waals surface area (Å²) in [4.78, 5) is 54.1. The van der Waals surface area contributed by atoms with Crippen molar-refractivity contribution < 1.29 is 24.4 Å². The second-order valence-electron chi connectivity index (χ2n) is 9.24. The van der Waals surface area contributed by atoms with E-state index in [4.69, 9.17) is 5.21 Å². The van der Waals surface area contributed by atoms with Gasteiger partial charge in [0, 0.05) is 25.1 Å². The summed E-state index contributed by atoms with van der Waals surface area (Å²) in [7, 11) is 0. The highest BCUT2D eigenvalue weighted by Gasteiger charge is 2.44. The second kappa shape index (κ2) is 12.2. The maximum atomic E-state index is 13.4. The van der Waals surface area contributed by atoms with Gasteiger partial charge < -0.3 is 10.2 Å². The van der Waals surface area contributed by atoms with Crippen LogP contribution in [0.2, 0.25) is 0 Å². The van der Waals surface area contributed by atoms with Crippen LogP contribution >= 0.6 is 0 Å². The Morgan fingerprint density at radius 1 is 0.868 bits per heavy atom. The zero-order chi connectivity index (χ0) is 27.1. The van der Waals surface area contributed by atoms with E-state index in [1.165, 1.54) is 9.80 Å². The van der Waals surface area contributed by atoms with Crippen molar-refractivity contribution in [1.29, 1.82) is 0 Å². The third-order valence-electron chi connectivity index (χ3n) is 6.55. The van der Waals surface area contributed by atoms with Crippen LogP contribution in [0.4, 0.5) is 4.79 Å². The molecule has 4 rings (SSSR count). The molecule has 38 heavy (non-hydrogen) atoms. The van der Waals surface area contributed by atoms with Gasteiger partial charge >= 0.3 is 6.03 Å². The summed E-state index contributed by atoms with van der Waals surface area (Å²) in [5, 5.41) is 11.7. The van der Waals surface area contributed by atoms with E-state index < -0.39 is 11.9 Å². The van der Waals surface area contributed by atoms with Gasteiger partial charge in [0.05, 0.1) is 6.54 Å². The molecule has 1 fully saturated rings. The van der Waals surface area contributed by atoms with Gasteiger partial charge in [-0.15, -0.1) is 0 Å². The lowest BCUT2D eigenvalue weighted by atomic mass is 10.1. The minimum Gasteiger partial charge on any atom is -0.352 e. The first-order chi connectivity index (χ1) is 18.4. The lowest BCUT2D eigenvalue weighted by molar-refractivity contribution is -0.129.